The number of hydrogen-bond acceptors (Lipinski definition) is 1. The van der Waals surface area contributed by atoms with Crippen LogP contribution in [0.15, 0.2) is 0 Å². The molecule has 0 aromatic carbocycles. The van der Waals surface area contributed by atoms with Crippen molar-refractivity contribution < 1.29 is 4.79 Å². The van der Waals surface area contributed by atoms with Gasteiger partial charge in [-0.2, -0.15) is 0 Å². The number of nitrogens with one attached hydrogen (secondary N) is 1. The molecule has 1 atom stereocenters. The number of piperidine rings is 1. The van der Waals surface area contributed by atoms with Gasteiger partial charge in [0.1, 0.15) is 0 Å². The van der Waals surface area contributed by atoms with Crippen LogP contribution in [0, 0.1) is 16.7 Å². The number of carbonyl (C=O) groups is 1. The molecule has 2 heteroatoms. The van der Waals surface area contributed by atoms with Gasteiger partial charge in [0.15, 0.2) is 0 Å². The number of amides is 1. The molecule has 0 aliphatic carbocycles. The summed E-state index contributed by atoms with van der Waals surface area (Å²) in [4.78, 5) is 11.1. The van der Waals surface area contributed by atoms with E-state index in [0.717, 1.165) is 13.0 Å². The molecule has 1 heterocycles. The molecule has 0 aromatic rings. The van der Waals surface area contributed by atoms with E-state index in [0.29, 0.717) is 17.8 Å². The quantitative estimate of drug-likeness (QED) is 0.688. The first kappa shape index (κ1) is 11.5. The summed E-state index contributed by atoms with van der Waals surface area (Å²) in [6.07, 6.45) is 1.74. The SMILES string of the molecule is CC(C)(C)C(C)(C)C1CCC(=O)NC1. The first-order chi connectivity index (χ1) is 6.25. The van der Waals surface area contributed by atoms with Crippen LogP contribution in [0.2, 0.25) is 0 Å². The summed E-state index contributed by atoms with van der Waals surface area (Å²) >= 11 is 0. The maximum atomic E-state index is 11.1. The van der Waals surface area contributed by atoms with Crippen molar-refractivity contribution in [2.75, 3.05) is 6.54 Å². The first-order valence-corrected chi connectivity index (χ1v) is 5.52. The zero-order valence-corrected chi connectivity index (χ0v) is 10.1. The molecule has 1 aliphatic rings. The second-order valence-electron chi connectivity index (χ2n) is 6.01. The Morgan fingerprint density at radius 1 is 1.21 bits per heavy atom. The topological polar surface area (TPSA) is 29.1 Å². The maximum absolute atomic E-state index is 11.1. The van der Waals surface area contributed by atoms with Crippen molar-refractivity contribution in [1.82, 2.24) is 5.32 Å². The van der Waals surface area contributed by atoms with Crippen molar-refractivity contribution in [1.29, 1.82) is 0 Å². The highest BCUT2D eigenvalue weighted by Crippen LogP contribution is 2.46. The Labute approximate surface area is 87.5 Å². The average Bonchev–Trinajstić information content (AvgIpc) is 2.03. The van der Waals surface area contributed by atoms with Crippen LogP contribution in [0.3, 0.4) is 0 Å². The molecule has 0 aromatic heterocycles. The second-order valence-corrected chi connectivity index (χ2v) is 6.01. The third-order valence-corrected chi connectivity index (χ3v) is 4.22. The normalized spacial score (nSPS) is 24.6. The average molecular weight is 197 g/mol. The Morgan fingerprint density at radius 2 is 1.79 bits per heavy atom. The highest BCUT2D eigenvalue weighted by molar-refractivity contribution is 5.76. The van der Waals surface area contributed by atoms with Crippen molar-refractivity contribution >= 4 is 5.91 Å². The molecule has 1 fully saturated rings. The van der Waals surface area contributed by atoms with Gasteiger partial charge in [0.05, 0.1) is 0 Å². The van der Waals surface area contributed by atoms with Crippen LogP contribution in [0.25, 0.3) is 0 Å². The van der Waals surface area contributed by atoms with Crippen LogP contribution in [0.1, 0.15) is 47.5 Å². The van der Waals surface area contributed by atoms with Crippen molar-refractivity contribution in [2.24, 2.45) is 16.7 Å². The van der Waals surface area contributed by atoms with Crippen molar-refractivity contribution in [3.8, 4) is 0 Å². The fourth-order valence-corrected chi connectivity index (χ4v) is 1.96. The van der Waals surface area contributed by atoms with Gasteiger partial charge in [-0.05, 0) is 23.2 Å². The summed E-state index contributed by atoms with van der Waals surface area (Å²) in [6.45, 7) is 12.3. The Kier molecular flexibility index (Phi) is 2.93. The summed E-state index contributed by atoms with van der Waals surface area (Å²) in [5.74, 6) is 0.825. The van der Waals surface area contributed by atoms with Gasteiger partial charge in [0.2, 0.25) is 5.91 Å². The van der Waals surface area contributed by atoms with Crippen molar-refractivity contribution in [3.63, 3.8) is 0 Å². The van der Waals surface area contributed by atoms with Crippen molar-refractivity contribution in [3.05, 3.63) is 0 Å². The van der Waals surface area contributed by atoms with Gasteiger partial charge in [-0.3, -0.25) is 4.79 Å². The third-order valence-electron chi connectivity index (χ3n) is 4.22. The summed E-state index contributed by atoms with van der Waals surface area (Å²) in [7, 11) is 0. The molecular formula is C12H23NO. The molecule has 1 saturated heterocycles. The van der Waals surface area contributed by atoms with Crippen LogP contribution < -0.4 is 5.32 Å². The van der Waals surface area contributed by atoms with E-state index in [2.05, 4.69) is 39.9 Å². The van der Waals surface area contributed by atoms with E-state index in [1.165, 1.54) is 0 Å². The number of hydrogen-bond donors (Lipinski definition) is 1. The smallest absolute Gasteiger partial charge is 0.220 e. The van der Waals surface area contributed by atoms with Crippen LogP contribution in [-0.4, -0.2) is 12.5 Å². The summed E-state index contributed by atoms with van der Waals surface area (Å²) in [5, 5.41) is 2.97. The summed E-state index contributed by atoms with van der Waals surface area (Å²) < 4.78 is 0. The summed E-state index contributed by atoms with van der Waals surface area (Å²) in [5.41, 5.74) is 0.570. The van der Waals surface area contributed by atoms with E-state index in [-0.39, 0.29) is 11.3 Å². The molecule has 0 saturated carbocycles. The number of rotatable bonds is 1. The highest BCUT2D eigenvalue weighted by Gasteiger charge is 2.40. The predicted octanol–water partition coefficient (Wildman–Crippen LogP) is 2.58. The van der Waals surface area contributed by atoms with E-state index < -0.39 is 0 Å². The van der Waals surface area contributed by atoms with E-state index in [9.17, 15) is 4.79 Å². The zero-order valence-electron chi connectivity index (χ0n) is 10.1. The molecule has 14 heavy (non-hydrogen) atoms. The van der Waals surface area contributed by atoms with Crippen LogP contribution in [0.5, 0.6) is 0 Å². The molecule has 0 spiro atoms. The zero-order chi connectivity index (χ0) is 11.0. The van der Waals surface area contributed by atoms with Gasteiger partial charge < -0.3 is 5.32 Å². The molecule has 1 N–H and O–H groups in total. The Balaban J connectivity index is 2.69. The highest BCUT2D eigenvalue weighted by atomic mass is 16.1. The minimum atomic E-state index is 0.214. The molecule has 1 amide bonds. The Hall–Kier alpha value is -0.530. The van der Waals surface area contributed by atoms with Crippen LogP contribution in [-0.2, 0) is 4.79 Å². The van der Waals surface area contributed by atoms with Gasteiger partial charge in [-0.15, -0.1) is 0 Å². The van der Waals surface area contributed by atoms with Gasteiger partial charge in [0, 0.05) is 13.0 Å². The Morgan fingerprint density at radius 3 is 2.14 bits per heavy atom. The van der Waals surface area contributed by atoms with Crippen LogP contribution >= 0.6 is 0 Å². The van der Waals surface area contributed by atoms with Gasteiger partial charge in [-0.25, -0.2) is 0 Å². The van der Waals surface area contributed by atoms with Crippen molar-refractivity contribution in [2.45, 2.75) is 47.5 Å². The fourth-order valence-electron chi connectivity index (χ4n) is 1.96. The lowest BCUT2D eigenvalue weighted by Crippen LogP contribution is -2.46. The standard InChI is InChI=1S/C12H23NO/c1-11(2,3)12(4,5)9-6-7-10(14)13-8-9/h9H,6-8H2,1-5H3,(H,13,14). The molecular weight excluding hydrogens is 174 g/mol. The van der Waals surface area contributed by atoms with Crippen LogP contribution in [0.4, 0.5) is 0 Å². The van der Waals surface area contributed by atoms with E-state index in [4.69, 9.17) is 0 Å². The molecule has 82 valence electrons. The van der Waals surface area contributed by atoms with Gasteiger partial charge in [0.25, 0.3) is 0 Å². The second kappa shape index (κ2) is 3.56. The lowest BCUT2D eigenvalue weighted by atomic mass is 9.60. The van der Waals surface area contributed by atoms with E-state index in [1.54, 1.807) is 0 Å². The van der Waals surface area contributed by atoms with Gasteiger partial charge >= 0.3 is 0 Å². The lowest BCUT2D eigenvalue weighted by Gasteiger charge is -2.46. The molecule has 0 bridgehead atoms. The monoisotopic (exact) mass is 197 g/mol. The number of carbonyl (C=O) groups excluding carboxylic acids is 1. The maximum Gasteiger partial charge on any atom is 0.220 e. The lowest BCUT2D eigenvalue weighted by molar-refractivity contribution is -0.124. The third kappa shape index (κ3) is 2.10. The van der Waals surface area contributed by atoms with E-state index in [1.807, 2.05) is 0 Å². The fraction of sp³-hybridized carbons (Fsp3) is 0.917. The minimum absolute atomic E-state index is 0.214. The summed E-state index contributed by atoms with van der Waals surface area (Å²) in [6, 6.07) is 0. The minimum Gasteiger partial charge on any atom is -0.356 e. The molecule has 1 aliphatic heterocycles. The molecule has 1 unspecified atom stereocenters. The van der Waals surface area contributed by atoms with Gasteiger partial charge in [-0.1, -0.05) is 34.6 Å². The molecule has 2 nitrogen and oxygen atoms in total. The largest absolute Gasteiger partial charge is 0.356 e. The molecule has 1 rings (SSSR count). The predicted molar refractivity (Wildman–Crippen MR) is 59.0 cm³/mol. The molecule has 0 radical (unpaired) electrons. The first-order valence-electron chi connectivity index (χ1n) is 5.52. The van der Waals surface area contributed by atoms with E-state index >= 15 is 0 Å². The Bertz CT molecular complexity index is 215.